The smallest absolute Gasteiger partial charge is 0.308 e. The van der Waals surface area contributed by atoms with Crippen molar-refractivity contribution in [2.45, 2.75) is 31.9 Å². The molecule has 2 aliphatic rings. The highest BCUT2D eigenvalue weighted by molar-refractivity contribution is 4.92. The van der Waals surface area contributed by atoms with Crippen LogP contribution in [0.1, 0.15) is 25.7 Å². The maximum Gasteiger partial charge on any atom is 0.401 e. The molecule has 1 nitrogen and oxygen atoms in total. The lowest BCUT2D eigenvalue weighted by molar-refractivity contribution is -0.125. The van der Waals surface area contributed by atoms with Gasteiger partial charge in [-0.05, 0) is 50.0 Å². The second-order valence-electron chi connectivity index (χ2n) is 4.58. The molecular formula is C10H16F3N. The van der Waals surface area contributed by atoms with Gasteiger partial charge in [-0.1, -0.05) is 0 Å². The van der Waals surface area contributed by atoms with Gasteiger partial charge in [-0.2, -0.15) is 13.2 Å². The third-order valence-corrected chi connectivity index (χ3v) is 3.16. The monoisotopic (exact) mass is 207 g/mol. The molecule has 0 aliphatic heterocycles. The summed E-state index contributed by atoms with van der Waals surface area (Å²) < 4.78 is 35.6. The Kier molecular flexibility index (Phi) is 2.73. The van der Waals surface area contributed by atoms with E-state index in [0.29, 0.717) is 12.5 Å². The van der Waals surface area contributed by atoms with Gasteiger partial charge in [-0.15, -0.1) is 0 Å². The zero-order chi connectivity index (χ0) is 10.2. The lowest BCUT2D eigenvalue weighted by Gasteiger charge is -2.16. The van der Waals surface area contributed by atoms with Crippen molar-refractivity contribution in [1.29, 1.82) is 0 Å². The summed E-state index contributed by atoms with van der Waals surface area (Å²) in [7, 11) is 0. The summed E-state index contributed by atoms with van der Waals surface area (Å²) in [4.78, 5) is 0. The van der Waals surface area contributed by atoms with Gasteiger partial charge < -0.3 is 5.32 Å². The maximum atomic E-state index is 11.9. The molecule has 0 amide bonds. The largest absolute Gasteiger partial charge is 0.401 e. The summed E-state index contributed by atoms with van der Waals surface area (Å²) in [5.41, 5.74) is 0. The van der Waals surface area contributed by atoms with Crippen molar-refractivity contribution in [3.63, 3.8) is 0 Å². The van der Waals surface area contributed by atoms with Crippen molar-refractivity contribution in [1.82, 2.24) is 5.32 Å². The highest BCUT2D eigenvalue weighted by Crippen LogP contribution is 2.48. The molecule has 0 unspecified atom stereocenters. The van der Waals surface area contributed by atoms with Crippen LogP contribution in [0.2, 0.25) is 0 Å². The number of hydrogen-bond donors (Lipinski definition) is 1. The Morgan fingerprint density at radius 1 is 1.07 bits per heavy atom. The Balaban J connectivity index is 1.67. The van der Waals surface area contributed by atoms with Crippen LogP contribution in [0.4, 0.5) is 13.2 Å². The van der Waals surface area contributed by atoms with Gasteiger partial charge in [0.15, 0.2) is 0 Å². The lowest BCUT2D eigenvalue weighted by atomic mass is 9.98. The highest BCUT2D eigenvalue weighted by Gasteiger charge is 2.41. The Morgan fingerprint density at radius 2 is 1.57 bits per heavy atom. The molecule has 0 aromatic heterocycles. The van der Waals surface area contributed by atoms with Crippen molar-refractivity contribution in [3.05, 3.63) is 0 Å². The number of alkyl halides is 3. The average Bonchev–Trinajstić information content (AvgIpc) is 2.89. The third-order valence-electron chi connectivity index (χ3n) is 3.16. The normalized spacial score (nSPS) is 23.1. The zero-order valence-corrected chi connectivity index (χ0v) is 8.11. The summed E-state index contributed by atoms with van der Waals surface area (Å²) >= 11 is 0. The van der Waals surface area contributed by atoms with Crippen LogP contribution < -0.4 is 5.32 Å². The predicted octanol–water partition coefficient (Wildman–Crippen LogP) is 2.57. The fraction of sp³-hybridized carbons (Fsp3) is 1.00. The molecule has 0 radical (unpaired) electrons. The number of halogens is 3. The summed E-state index contributed by atoms with van der Waals surface area (Å²) in [5.74, 6) is 1.98. The van der Waals surface area contributed by atoms with E-state index in [1.807, 2.05) is 0 Å². The van der Waals surface area contributed by atoms with Gasteiger partial charge in [0.2, 0.25) is 0 Å². The van der Waals surface area contributed by atoms with Crippen molar-refractivity contribution >= 4 is 0 Å². The molecule has 4 heteroatoms. The second kappa shape index (κ2) is 3.72. The van der Waals surface area contributed by atoms with Gasteiger partial charge in [-0.3, -0.25) is 0 Å². The van der Waals surface area contributed by atoms with Gasteiger partial charge in [0, 0.05) is 0 Å². The first-order valence-corrected chi connectivity index (χ1v) is 5.34. The van der Waals surface area contributed by atoms with Gasteiger partial charge >= 0.3 is 6.18 Å². The van der Waals surface area contributed by atoms with E-state index in [-0.39, 0.29) is 0 Å². The third kappa shape index (κ3) is 3.15. The Hall–Kier alpha value is -0.250. The van der Waals surface area contributed by atoms with Gasteiger partial charge in [0.05, 0.1) is 6.54 Å². The summed E-state index contributed by atoms with van der Waals surface area (Å²) in [6.07, 6.45) is 0.866. The molecule has 2 saturated carbocycles. The molecular weight excluding hydrogens is 191 g/mol. The minimum absolute atomic E-state index is 0.525. The number of hydrogen-bond acceptors (Lipinski definition) is 1. The fourth-order valence-electron chi connectivity index (χ4n) is 2.15. The number of nitrogens with one attached hydrogen (secondary N) is 1. The van der Waals surface area contributed by atoms with E-state index in [2.05, 4.69) is 5.32 Å². The molecule has 2 rings (SSSR count). The van der Waals surface area contributed by atoms with Crippen LogP contribution in [0, 0.1) is 17.8 Å². The SMILES string of the molecule is FC(F)(F)CNCC(C1CC1)C1CC1. The minimum atomic E-state index is -4.06. The van der Waals surface area contributed by atoms with Crippen molar-refractivity contribution < 1.29 is 13.2 Å². The Labute approximate surface area is 82.1 Å². The molecule has 0 aromatic carbocycles. The molecule has 0 bridgehead atoms. The topological polar surface area (TPSA) is 12.0 Å². The van der Waals surface area contributed by atoms with Crippen molar-refractivity contribution in [3.8, 4) is 0 Å². The molecule has 0 heterocycles. The predicted molar refractivity (Wildman–Crippen MR) is 47.9 cm³/mol. The molecule has 0 spiro atoms. The first-order chi connectivity index (χ1) is 6.56. The van der Waals surface area contributed by atoms with Crippen molar-refractivity contribution in [2.75, 3.05) is 13.1 Å². The van der Waals surface area contributed by atoms with E-state index >= 15 is 0 Å². The molecule has 1 N–H and O–H groups in total. The number of rotatable bonds is 5. The first kappa shape index (κ1) is 10.3. The average molecular weight is 207 g/mol. The summed E-state index contributed by atoms with van der Waals surface area (Å²) in [6.45, 7) is -0.266. The molecule has 2 fully saturated rings. The minimum Gasteiger partial charge on any atom is -0.308 e. The fourth-order valence-corrected chi connectivity index (χ4v) is 2.15. The van der Waals surface area contributed by atoms with Gasteiger partial charge in [0.1, 0.15) is 0 Å². The molecule has 2 aliphatic carbocycles. The van der Waals surface area contributed by atoms with E-state index < -0.39 is 12.7 Å². The summed E-state index contributed by atoms with van der Waals surface area (Å²) in [6, 6.07) is 0. The zero-order valence-electron chi connectivity index (χ0n) is 8.11. The van der Waals surface area contributed by atoms with Gasteiger partial charge in [0.25, 0.3) is 0 Å². The van der Waals surface area contributed by atoms with Crippen LogP contribution in [0.3, 0.4) is 0 Å². The molecule has 0 atom stereocenters. The standard InChI is InChI=1S/C10H16F3N/c11-10(12,13)6-14-5-9(7-1-2-7)8-3-4-8/h7-9,14H,1-6H2. The Morgan fingerprint density at radius 3 is 1.93 bits per heavy atom. The van der Waals surface area contributed by atoms with Crippen LogP contribution in [0.15, 0.2) is 0 Å². The quantitative estimate of drug-likeness (QED) is 0.730. The lowest BCUT2D eigenvalue weighted by Crippen LogP contribution is -2.33. The van der Waals surface area contributed by atoms with Crippen LogP contribution >= 0.6 is 0 Å². The van der Waals surface area contributed by atoms with Crippen LogP contribution in [-0.2, 0) is 0 Å². The summed E-state index contributed by atoms with van der Waals surface area (Å²) in [5, 5.41) is 2.54. The molecule has 0 saturated heterocycles. The molecule has 14 heavy (non-hydrogen) atoms. The van der Waals surface area contributed by atoms with E-state index in [1.165, 1.54) is 25.7 Å². The van der Waals surface area contributed by atoms with E-state index in [0.717, 1.165) is 11.8 Å². The maximum absolute atomic E-state index is 11.9. The van der Waals surface area contributed by atoms with E-state index in [9.17, 15) is 13.2 Å². The van der Waals surface area contributed by atoms with Crippen molar-refractivity contribution in [2.24, 2.45) is 17.8 Å². The molecule has 0 aromatic rings. The van der Waals surface area contributed by atoms with E-state index in [4.69, 9.17) is 0 Å². The van der Waals surface area contributed by atoms with Crippen LogP contribution in [0.25, 0.3) is 0 Å². The van der Waals surface area contributed by atoms with Crippen LogP contribution in [-0.4, -0.2) is 19.3 Å². The van der Waals surface area contributed by atoms with Gasteiger partial charge in [-0.25, -0.2) is 0 Å². The van der Waals surface area contributed by atoms with E-state index in [1.54, 1.807) is 0 Å². The Bertz CT molecular complexity index is 182. The van der Waals surface area contributed by atoms with Crippen LogP contribution in [0.5, 0.6) is 0 Å². The second-order valence-corrected chi connectivity index (χ2v) is 4.58. The first-order valence-electron chi connectivity index (χ1n) is 5.34. The molecule has 82 valence electrons. The highest BCUT2D eigenvalue weighted by atomic mass is 19.4.